The van der Waals surface area contributed by atoms with E-state index in [0.29, 0.717) is 28.0 Å². The molecule has 0 aliphatic heterocycles. The molecule has 4 heteroatoms. The molecule has 10 rings (SSSR count). The van der Waals surface area contributed by atoms with E-state index in [1.165, 1.54) is 0 Å². The summed E-state index contributed by atoms with van der Waals surface area (Å²) in [5, 5.41) is 1.24. The highest BCUT2D eigenvalue weighted by Crippen LogP contribution is 2.40. The monoisotopic (exact) mass is 651 g/mol. The van der Waals surface area contributed by atoms with Crippen molar-refractivity contribution >= 4 is 43.7 Å². The second kappa shape index (κ2) is 11.4. The molecule has 10 aromatic rings. The summed E-state index contributed by atoms with van der Waals surface area (Å²) in [7, 11) is 0. The van der Waals surface area contributed by atoms with Gasteiger partial charge in [-0.05, 0) is 47.5 Å². The van der Waals surface area contributed by atoms with Crippen LogP contribution in [0.2, 0.25) is 0 Å². The fraction of sp³-hybridized carbons (Fsp3) is 0. The van der Waals surface area contributed by atoms with Gasteiger partial charge >= 0.3 is 0 Å². The third kappa shape index (κ3) is 4.54. The topological polar surface area (TPSA) is 43.9 Å². The average Bonchev–Trinajstić information content (AvgIpc) is 3.85. The first-order chi connectivity index (χ1) is 29.8. The number of hydrogen-bond donors (Lipinski definition) is 0. The van der Waals surface area contributed by atoms with Crippen molar-refractivity contribution in [3.63, 3.8) is 0 Å². The molecular formula is C46H29N3O. The van der Waals surface area contributed by atoms with Crippen molar-refractivity contribution < 1.29 is 20.9 Å². The van der Waals surface area contributed by atoms with Crippen LogP contribution in [0, 0.1) is 0 Å². The van der Waals surface area contributed by atoms with Gasteiger partial charge in [-0.15, -0.1) is 0 Å². The Balaban J connectivity index is 1.38. The van der Waals surface area contributed by atoms with Gasteiger partial charge in [0.1, 0.15) is 11.2 Å². The molecule has 0 atom stereocenters. The van der Waals surface area contributed by atoms with Crippen LogP contribution < -0.4 is 0 Å². The minimum absolute atomic E-state index is 0.0282. The van der Waals surface area contributed by atoms with E-state index in [9.17, 15) is 2.74 Å². The van der Waals surface area contributed by atoms with Crippen LogP contribution in [0.25, 0.3) is 94.5 Å². The molecule has 50 heavy (non-hydrogen) atoms. The van der Waals surface area contributed by atoms with E-state index >= 15 is 0 Å². The van der Waals surface area contributed by atoms with E-state index < -0.39 is 78.2 Å². The first kappa shape index (κ1) is 18.7. The smallest absolute Gasteiger partial charge is 0.164 e. The normalized spacial score (nSPS) is 15.0. The summed E-state index contributed by atoms with van der Waals surface area (Å²) >= 11 is 0. The molecule has 3 heterocycles. The zero-order valence-electron chi connectivity index (χ0n) is 38.1. The zero-order valence-corrected chi connectivity index (χ0v) is 26.1. The molecule has 234 valence electrons. The van der Waals surface area contributed by atoms with E-state index in [2.05, 4.69) is 0 Å². The van der Waals surface area contributed by atoms with Crippen molar-refractivity contribution in [1.82, 2.24) is 14.5 Å². The number of benzene rings is 7. The molecule has 3 aromatic heterocycles. The highest BCUT2D eigenvalue weighted by atomic mass is 16.3. The molecule has 0 amide bonds. The number of nitrogens with zero attached hydrogens (tertiary/aromatic N) is 3. The number of hydrogen-bond acceptors (Lipinski definition) is 3. The van der Waals surface area contributed by atoms with Gasteiger partial charge in [-0.25, -0.2) is 9.97 Å². The van der Waals surface area contributed by atoms with Crippen LogP contribution in [0.15, 0.2) is 180 Å². The molecule has 0 saturated carbocycles. The predicted octanol–water partition coefficient (Wildman–Crippen LogP) is 12.1. The van der Waals surface area contributed by atoms with Crippen LogP contribution in [0.4, 0.5) is 0 Å². The number of rotatable bonds is 5. The molecule has 0 aliphatic carbocycles. The second-order valence-electron chi connectivity index (χ2n) is 11.7. The summed E-state index contributed by atoms with van der Waals surface area (Å²) in [5.74, 6) is 0.151. The van der Waals surface area contributed by atoms with Crippen LogP contribution in [0.3, 0.4) is 0 Å². The largest absolute Gasteiger partial charge is 0.455 e. The van der Waals surface area contributed by atoms with Crippen molar-refractivity contribution in [2.45, 2.75) is 0 Å². The van der Waals surface area contributed by atoms with Crippen LogP contribution in [-0.4, -0.2) is 14.5 Å². The Bertz CT molecular complexity index is 3520. The van der Waals surface area contributed by atoms with Gasteiger partial charge in [0, 0.05) is 38.4 Å². The minimum Gasteiger partial charge on any atom is -0.455 e. The Labute approximate surface area is 305 Å². The number of fused-ring (bicyclic) bond motifs is 6. The van der Waals surface area contributed by atoms with E-state index in [-0.39, 0.29) is 38.9 Å². The first-order valence-corrected chi connectivity index (χ1v) is 15.9. The molecule has 0 saturated heterocycles. The van der Waals surface area contributed by atoms with E-state index in [1.807, 2.05) is 91.0 Å². The fourth-order valence-corrected chi connectivity index (χ4v) is 6.57. The molecular weight excluding hydrogens is 611 g/mol. The molecule has 0 aliphatic rings. The number of furan rings is 1. The zero-order chi connectivity index (χ0) is 43.5. The minimum atomic E-state index is -0.711. The van der Waals surface area contributed by atoms with Gasteiger partial charge in [0.25, 0.3) is 0 Å². The van der Waals surface area contributed by atoms with Crippen molar-refractivity contribution in [2.75, 3.05) is 0 Å². The fourth-order valence-electron chi connectivity index (χ4n) is 6.57. The van der Waals surface area contributed by atoms with Gasteiger partial charge < -0.3 is 8.98 Å². The summed E-state index contributed by atoms with van der Waals surface area (Å²) < 4.78 is 114. The van der Waals surface area contributed by atoms with Crippen molar-refractivity contribution in [1.29, 1.82) is 0 Å². The SMILES string of the molecule is [2H]c1c([2H])c([2H])c(-n2c3c([2H])c([2H])c([2H])c([2H])c3c3c([2H])c([2H])c([2H])c(-c4cc(-c5ccc(-c6ccccc6)cc5)nc(-c5cccc6c5oc5ccccc56)n4)c32)c([2H])c1[2H]. The third-order valence-corrected chi connectivity index (χ3v) is 8.84. The molecule has 0 fully saturated rings. The summed E-state index contributed by atoms with van der Waals surface area (Å²) in [5.41, 5.74) is 3.49. The maximum Gasteiger partial charge on any atom is 0.164 e. The molecule has 0 radical (unpaired) electrons. The Hall–Kier alpha value is -6.78. The lowest BCUT2D eigenvalue weighted by atomic mass is 10.0. The van der Waals surface area contributed by atoms with Crippen molar-refractivity contribution in [3.8, 4) is 50.7 Å². The number of para-hydroxylation sites is 5. The highest BCUT2D eigenvalue weighted by molar-refractivity contribution is 6.14. The highest BCUT2D eigenvalue weighted by Gasteiger charge is 2.20. The molecule has 4 nitrogen and oxygen atoms in total. The summed E-state index contributed by atoms with van der Waals surface area (Å²) in [6, 6.07) is 24.5. The molecule has 0 unspecified atom stereocenters. The quantitative estimate of drug-likeness (QED) is 0.186. The Kier molecular flexibility index (Phi) is 4.27. The standard InChI is InChI=1S/C46H29N3O/c1-3-13-30(14-4-1)31-25-27-32(28-26-31)40-29-41(48-46(47-40)39-22-12-20-37-35-18-8-10-24-43(35)50-45(37)39)38-21-11-19-36-34-17-7-9-23-42(34)49(44(36)38)33-15-5-2-6-16-33/h1-29H/i2D,5D,6D,7D,9D,11D,15D,16D,17D,19D,21D,23D. The van der Waals surface area contributed by atoms with Gasteiger partial charge in [-0.1, -0.05) is 139 Å². The summed E-state index contributed by atoms with van der Waals surface area (Å²) in [6.07, 6.45) is 0. The first-order valence-electron chi connectivity index (χ1n) is 21.9. The molecule has 0 N–H and O–H groups in total. The molecule has 0 bridgehead atoms. The van der Waals surface area contributed by atoms with E-state index in [1.54, 1.807) is 12.1 Å². The maximum atomic E-state index is 9.52. The number of aromatic nitrogens is 3. The lowest BCUT2D eigenvalue weighted by molar-refractivity contribution is 0.669. The lowest BCUT2D eigenvalue weighted by Crippen LogP contribution is -1.99. The van der Waals surface area contributed by atoms with E-state index in [0.717, 1.165) is 26.5 Å². The Morgan fingerprint density at radius 2 is 1.20 bits per heavy atom. The predicted molar refractivity (Wildman–Crippen MR) is 205 cm³/mol. The van der Waals surface area contributed by atoms with Gasteiger partial charge in [0.05, 0.1) is 44.4 Å². The van der Waals surface area contributed by atoms with Crippen LogP contribution in [0.1, 0.15) is 16.4 Å². The van der Waals surface area contributed by atoms with Crippen LogP contribution >= 0.6 is 0 Å². The summed E-state index contributed by atoms with van der Waals surface area (Å²) in [6.45, 7) is 0. The van der Waals surface area contributed by atoms with E-state index in [4.69, 9.17) is 28.1 Å². The Morgan fingerprint density at radius 1 is 0.500 bits per heavy atom. The van der Waals surface area contributed by atoms with Crippen LogP contribution in [-0.2, 0) is 0 Å². The van der Waals surface area contributed by atoms with Crippen molar-refractivity contribution in [2.24, 2.45) is 0 Å². The lowest BCUT2D eigenvalue weighted by Gasteiger charge is -2.13. The van der Waals surface area contributed by atoms with Gasteiger partial charge in [-0.2, -0.15) is 0 Å². The van der Waals surface area contributed by atoms with Gasteiger partial charge in [0.2, 0.25) is 0 Å². The molecule has 0 spiro atoms. The van der Waals surface area contributed by atoms with Crippen molar-refractivity contribution in [3.05, 3.63) is 176 Å². The summed E-state index contributed by atoms with van der Waals surface area (Å²) in [4.78, 5) is 10.1. The average molecular weight is 652 g/mol. The Morgan fingerprint density at radius 3 is 2.08 bits per heavy atom. The van der Waals surface area contributed by atoms with Gasteiger partial charge in [0.15, 0.2) is 5.82 Å². The second-order valence-corrected chi connectivity index (χ2v) is 11.7. The maximum absolute atomic E-state index is 9.52. The molecule has 7 aromatic carbocycles. The third-order valence-electron chi connectivity index (χ3n) is 8.84. The van der Waals surface area contributed by atoms with Gasteiger partial charge in [-0.3, -0.25) is 0 Å². The van der Waals surface area contributed by atoms with Crippen LogP contribution in [0.5, 0.6) is 0 Å².